The summed E-state index contributed by atoms with van der Waals surface area (Å²) in [4.78, 5) is 9.88. The van der Waals surface area contributed by atoms with Gasteiger partial charge in [-0.05, 0) is 70.1 Å². The molecule has 36 heavy (non-hydrogen) atoms. The van der Waals surface area contributed by atoms with Crippen LogP contribution < -0.4 is 0 Å². The summed E-state index contributed by atoms with van der Waals surface area (Å²) < 4.78 is 30.9. The van der Waals surface area contributed by atoms with Crippen LogP contribution in [0.25, 0.3) is 22.6 Å². The normalized spacial score (nSPS) is 15.8. The zero-order chi connectivity index (χ0) is 26.0. The number of aromatic nitrogens is 2. The molecule has 0 unspecified atom stereocenters. The van der Waals surface area contributed by atoms with Gasteiger partial charge in [0.2, 0.25) is 0 Å². The van der Waals surface area contributed by atoms with Gasteiger partial charge < -0.3 is 0 Å². The third-order valence-corrected chi connectivity index (χ3v) is 7.62. The molecule has 5 rings (SSSR count). The van der Waals surface area contributed by atoms with E-state index < -0.39 is 22.5 Å². The molecule has 0 radical (unpaired) electrons. The molecule has 4 aromatic rings. The van der Waals surface area contributed by atoms with E-state index in [1.807, 2.05) is 64.1 Å². The average molecular weight is 483 g/mol. The SMILES string of the molecule is CC(C)(C)c1cc2cc(c1)C(C)(C)c1cc(c(F)cc1F)C(C)(C)c1cccc(n1)-c1cccc-2n1. The van der Waals surface area contributed by atoms with E-state index in [1.54, 1.807) is 6.07 Å². The van der Waals surface area contributed by atoms with Crippen LogP contribution in [0.15, 0.2) is 66.7 Å². The number of rotatable bonds is 0. The van der Waals surface area contributed by atoms with Crippen molar-refractivity contribution in [2.45, 2.75) is 64.7 Å². The molecule has 184 valence electrons. The number of benzene rings is 2. The number of fused-ring (bicyclic) bond motifs is 10. The molecule has 2 aromatic carbocycles. The summed E-state index contributed by atoms with van der Waals surface area (Å²) in [5, 5.41) is 0. The maximum atomic E-state index is 15.5. The van der Waals surface area contributed by atoms with Crippen LogP contribution in [0.3, 0.4) is 0 Å². The maximum Gasteiger partial charge on any atom is 0.130 e. The zero-order valence-corrected chi connectivity index (χ0v) is 22.0. The highest BCUT2D eigenvalue weighted by Crippen LogP contribution is 2.42. The van der Waals surface area contributed by atoms with Crippen LogP contribution in [-0.2, 0) is 16.2 Å². The Morgan fingerprint density at radius 1 is 0.639 bits per heavy atom. The molecule has 0 fully saturated rings. The first-order valence-corrected chi connectivity index (χ1v) is 12.4. The maximum absolute atomic E-state index is 15.5. The van der Waals surface area contributed by atoms with Gasteiger partial charge >= 0.3 is 0 Å². The lowest BCUT2D eigenvalue weighted by atomic mass is 9.72. The molecule has 3 heterocycles. The van der Waals surface area contributed by atoms with Crippen molar-refractivity contribution in [1.82, 2.24) is 9.97 Å². The van der Waals surface area contributed by atoms with Gasteiger partial charge in [-0.25, -0.2) is 13.8 Å². The van der Waals surface area contributed by atoms with Crippen LogP contribution in [0.2, 0.25) is 0 Å². The molecular weight excluding hydrogens is 450 g/mol. The standard InChI is InChI=1S/C32H32F2N2/c1-30(2,3)20-14-19-15-21(16-20)31(4,5)22-17-23(25(34)18-24(22)33)32(6,7)29-13-9-12-28(36-29)27-11-8-10-26(19)35-27/h8-18H,1-7H3. The lowest BCUT2D eigenvalue weighted by molar-refractivity contribution is 0.500. The van der Waals surface area contributed by atoms with Crippen molar-refractivity contribution < 1.29 is 8.78 Å². The molecule has 2 aromatic heterocycles. The van der Waals surface area contributed by atoms with Gasteiger partial charge in [-0.3, -0.25) is 4.98 Å². The summed E-state index contributed by atoms with van der Waals surface area (Å²) in [7, 11) is 0. The Balaban J connectivity index is 1.93. The minimum atomic E-state index is -0.793. The molecule has 2 nitrogen and oxygen atoms in total. The van der Waals surface area contributed by atoms with Crippen LogP contribution in [0.1, 0.15) is 76.4 Å². The monoisotopic (exact) mass is 482 g/mol. The number of halogens is 2. The number of hydrogen-bond acceptors (Lipinski definition) is 2. The summed E-state index contributed by atoms with van der Waals surface area (Å²) in [5.41, 5.74) is 5.28. The largest absolute Gasteiger partial charge is 0.250 e. The number of pyridine rings is 2. The van der Waals surface area contributed by atoms with Crippen molar-refractivity contribution in [3.05, 3.63) is 106 Å². The van der Waals surface area contributed by atoms with Gasteiger partial charge in [-0.15, -0.1) is 0 Å². The summed E-state index contributed by atoms with van der Waals surface area (Å²) in [6.07, 6.45) is 0. The van der Waals surface area contributed by atoms with Crippen molar-refractivity contribution in [2.24, 2.45) is 0 Å². The van der Waals surface area contributed by atoms with Gasteiger partial charge in [0.25, 0.3) is 0 Å². The molecule has 1 aliphatic heterocycles. The second-order valence-electron chi connectivity index (χ2n) is 11.9. The Morgan fingerprint density at radius 2 is 1.22 bits per heavy atom. The minimum Gasteiger partial charge on any atom is -0.250 e. The Labute approximate surface area is 212 Å². The smallest absolute Gasteiger partial charge is 0.130 e. The summed E-state index contributed by atoms with van der Waals surface area (Å²) in [5.74, 6) is -1.12. The van der Waals surface area contributed by atoms with Crippen molar-refractivity contribution in [3.63, 3.8) is 0 Å². The summed E-state index contributed by atoms with van der Waals surface area (Å²) in [6, 6.07) is 20.8. The van der Waals surface area contributed by atoms with Crippen LogP contribution in [0.5, 0.6) is 0 Å². The highest BCUT2D eigenvalue weighted by molar-refractivity contribution is 5.67. The van der Waals surface area contributed by atoms with Gasteiger partial charge in [-0.1, -0.05) is 66.7 Å². The van der Waals surface area contributed by atoms with E-state index in [0.717, 1.165) is 39.8 Å². The Hall–Kier alpha value is -3.40. The Kier molecular flexibility index (Phi) is 5.44. The topological polar surface area (TPSA) is 25.8 Å². The fourth-order valence-electron chi connectivity index (χ4n) is 5.03. The van der Waals surface area contributed by atoms with Gasteiger partial charge in [0.05, 0.1) is 22.8 Å². The van der Waals surface area contributed by atoms with Crippen molar-refractivity contribution >= 4 is 0 Å². The van der Waals surface area contributed by atoms with E-state index in [0.29, 0.717) is 16.8 Å². The minimum absolute atomic E-state index is 0.131. The summed E-state index contributed by atoms with van der Waals surface area (Å²) in [6.45, 7) is 14.4. The van der Waals surface area contributed by atoms with E-state index >= 15 is 8.78 Å². The van der Waals surface area contributed by atoms with Gasteiger partial charge in [0, 0.05) is 22.5 Å². The van der Waals surface area contributed by atoms with E-state index in [9.17, 15) is 0 Å². The quantitative estimate of drug-likeness (QED) is 0.252. The highest BCUT2D eigenvalue weighted by atomic mass is 19.1. The van der Waals surface area contributed by atoms with E-state index in [2.05, 4.69) is 39.0 Å². The van der Waals surface area contributed by atoms with E-state index in [4.69, 9.17) is 9.97 Å². The van der Waals surface area contributed by atoms with Crippen molar-refractivity contribution in [2.75, 3.05) is 0 Å². The van der Waals surface area contributed by atoms with Gasteiger partial charge in [0.15, 0.2) is 0 Å². The van der Waals surface area contributed by atoms with Crippen LogP contribution in [0, 0.1) is 11.6 Å². The van der Waals surface area contributed by atoms with E-state index in [-0.39, 0.29) is 5.41 Å². The number of hydrogen-bond donors (Lipinski definition) is 0. The Bertz CT molecular complexity index is 1490. The lowest BCUT2D eigenvalue weighted by Gasteiger charge is -2.32. The molecule has 0 N–H and O–H groups in total. The molecule has 0 atom stereocenters. The summed E-state index contributed by atoms with van der Waals surface area (Å²) >= 11 is 0. The molecule has 0 spiro atoms. The van der Waals surface area contributed by atoms with Gasteiger partial charge in [-0.2, -0.15) is 0 Å². The molecule has 0 saturated heterocycles. The third kappa shape index (κ3) is 3.93. The molecule has 0 saturated carbocycles. The predicted molar refractivity (Wildman–Crippen MR) is 142 cm³/mol. The molecule has 8 bridgehead atoms. The average Bonchev–Trinajstić information content (AvgIpc) is 2.82. The van der Waals surface area contributed by atoms with Crippen molar-refractivity contribution in [1.29, 1.82) is 0 Å². The second kappa shape index (κ2) is 8.06. The van der Waals surface area contributed by atoms with Crippen LogP contribution in [-0.4, -0.2) is 9.97 Å². The fraction of sp³-hybridized carbons (Fsp3) is 0.312. The van der Waals surface area contributed by atoms with Gasteiger partial charge in [0.1, 0.15) is 11.6 Å². The number of nitrogens with zero attached hydrogens (tertiary/aromatic N) is 2. The molecule has 4 heteroatoms. The second-order valence-corrected chi connectivity index (χ2v) is 11.9. The van der Waals surface area contributed by atoms with Crippen LogP contribution in [0.4, 0.5) is 8.78 Å². The van der Waals surface area contributed by atoms with Crippen molar-refractivity contribution in [3.8, 4) is 22.6 Å². The molecule has 0 aliphatic carbocycles. The first-order valence-electron chi connectivity index (χ1n) is 12.4. The van der Waals surface area contributed by atoms with E-state index in [1.165, 1.54) is 0 Å². The third-order valence-electron chi connectivity index (χ3n) is 7.62. The first-order chi connectivity index (χ1) is 16.8. The molecular formula is C32H32F2N2. The predicted octanol–water partition coefficient (Wildman–Crippen LogP) is 8.35. The zero-order valence-electron chi connectivity index (χ0n) is 22.0. The van der Waals surface area contributed by atoms with Crippen LogP contribution >= 0.6 is 0 Å². The Morgan fingerprint density at radius 3 is 1.89 bits per heavy atom. The fourth-order valence-corrected chi connectivity index (χ4v) is 5.03. The first kappa shape index (κ1) is 24.3. The highest BCUT2D eigenvalue weighted by Gasteiger charge is 2.34. The molecule has 1 aliphatic rings. The lowest BCUT2D eigenvalue weighted by Crippen LogP contribution is -2.27. The molecule has 0 amide bonds.